The van der Waals surface area contributed by atoms with Crippen molar-refractivity contribution in [1.82, 2.24) is 0 Å². The molecule has 10 aromatic carbocycles. The first-order valence-corrected chi connectivity index (χ1v) is 21.6. The quantitative estimate of drug-likeness (QED) is 0.131. The van der Waals surface area contributed by atoms with Gasteiger partial charge in [-0.1, -0.05) is 164 Å². The van der Waals surface area contributed by atoms with E-state index in [1.165, 1.54) is 82.7 Å². The maximum atomic E-state index is 6.93. The molecule has 0 N–H and O–H groups in total. The third kappa shape index (κ3) is 3.70. The van der Waals surface area contributed by atoms with Crippen molar-refractivity contribution in [3.8, 4) is 23.0 Å². The maximum Gasteiger partial charge on any atom is 0.261 e. The Morgan fingerprint density at radius 2 is 0.774 bits per heavy atom. The Labute approximate surface area is 359 Å². The molecule has 4 aliphatic heterocycles. The second-order valence-electron chi connectivity index (χ2n) is 17.4. The van der Waals surface area contributed by atoms with Crippen molar-refractivity contribution < 1.29 is 9.47 Å². The number of benzene rings is 10. The first-order valence-electron chi connectivity index (χ1n) is 21.6. The van der Waals surface area contributed by atoms with Crippen LogP contribution in [0.25, 0.3) is 21.5 Å². The van der Waals surface area contributed by atoms with Crippen LogP contribution in [0.2, 0.25) is 0 Å². The van der Waals surface area contributed by atoms with Gasteiger partial charge in [0, 0.05) is 11.0 Å². The van der Waals surface area contributed by atoms with E-state index in [0.717, 1.165) is 39.8 Å². The zero-order chi connectivity index (χ0) is 40.3. The minimum atomic E-state index is -0.709. The zero-order valence-corrected chi connectivity index (χ0v) is 33.5. The van der Waals surface area contributed by atoms with Gasteiger partial charge in [0.25, 0.3) is 6.71 Å². The molecule has 0 unspecified atom stereocenters. The molecular formula is C58H34BNO2. The Balaban J connectivity index is 1.11. The molecule has 4 heteroatoms. The van der Waals surface area contributed by atoms with Crippen molar-refractivity contribution in [3.63, 3.8) is 0 Å². The first kappa shape index (κ1) is 33.0. The summed E-state index contributed by atoms with van der Waals surface area (Å²) in [5.74, 6) is 3.57. The van der Waals surface area contributed by atoms with E-state index in [9.17, 15) is 0 Å². The van der Waals surface area contributed by atoms with E-state index in [-0.39, 0.29) is 6.71 Å². The van der Waals surface area contributed by atoms with Gasteiger partial charge in [-0.2, -0.15) is 0 Å². The second kappa shape index (κ2) is 11.5. The van der Waals surface area contributed by atoms with E-state index in [2.05, 4.69) is 205 Å². The van der Waals surface area contributed by atoms with Crippen LogP contribution >= 0.6 is 0 Å². The molecule has 1 spiro atoms. The van der Waals surface area contributed by atoms with Crippen molar-refractivity contribution in [1.29, 1.82) is 0 Å². The molecule has 286 valence electrons. The molecule has 1 aliphatic carbocycles. The van der Waals surface area contributed by atoms with E-state index in [1.54, 1.807) is 0 Å². The summed E-state index contributed by atoms with van der Waals surface area (Å²) >= 11 is 0. The standard InChI is InChI=1S/C58H34BNO2/c1-3-16-37(17-4-1)57(38-18-5-2-6-19-38)39-20-7-9-25-44(39)60(45-26-10-8-21-40(45)57)46-34-33-36-32-31-35-15-11-22-41-51(35)52(36)53(46)58(41)42-23-12-27-47-54(42)59-55-43(58)24-13-28-48(55)62-50-30-14-29-49(61-47)56(50)59/h1-34H. The van der Waals surface area contributed by atoms with Gasteiger partial charge in [0.1, 0.15) is 23.0 Å². The molecule has 0 amide bonds. The average molecular weight is 788 g/mol. The number of nitrogens with zero attached hydrogens (tertiary/aromatic N) is 1. The molecule has 0 radical (unpaired) electrons. The number of para-hydroxylation sites is 2. The predicted octanol–water partition coefficient (Wildman–Crippen LogP) is 11.9. The van der Waals surface area contributed by atoms with Crippen LogP contribution in [-0.2, 0) is 10.8 Å². The highest BCUT2D eigenvalue weighted by Crippen LogP contribution is 2.64. The van der Waals surface area contributed by atoms with E-state index >= 15 is 0 Å². The Hall–Kier alpha value is -7.82. The molecule has 4 heterocycles. The summed E-state index contributed by atoms with van der Waals surface area (Å²) in [5, 5.41) is 5.09. The molecule has 62 heavy (non-hydrogen) atoms. The molecule has 0 aromatic heterocycles. The van der Waals surface area contributed by atoms with Crippen LogP contribution in [0.5, 0.6) is 23.0 Å². The summed E-state index contributed by atoms with van der Waals surface area (Å²) in [5.41, 5.74) is 15.9. The molecule has 5 aliphatic rings. The minimum Gasteiger partial charge on any atom is -0.458 e. The van der Waals surface area contributed by atoms with E-state index in [4.69, 9.17) is 9.47 Å². The lowest BCUT2D eigenvalue weighted by molar-refractivity contribution is 0.461. The van der Waals surface area contributed by atoms with Crippen molar-refractivity contribution >= 4 is 61.7 Å². The van der Waals surface area contributed by atoms with Crippen LogP contribution in [0.4, 0.5) is 17.1 Å². The molecule has 0 atom stereocenters. The fourth-order valence-electron chi connectivity index (χ4n) is 12.7. The van der Waals surface area contributed by atoms with Gasteiger partial charge in [0.15, 0.2) is 0 Å². The number of anilines is 3. The largest absolute Gasteiger partial charge is 0.458 e. The molecule has 0 saturated carbocycles. The lowest BCUT2D eigenvalue weighted by Crippen LogP contribution is -2.65. The summed E-state index contributed by atoms with van der Waals surface area (Å²) in [4.78, 5) is 2.59. The molecule has 0 saturated heterocycles. The van der Waals surface area contributed by atoms with Crippen LogP contribution in [0.3, 0.4) is 0 Å². The van der Waals surface area contributed by atoms with Crippen LogP contribution in [-0.4, -0.2) is 6.71 Å². The smallest absolute Gasteiger partial charge is 0.261 e. The first-order chi connectivity index (χ1) is 30.8. The number of hydrogen-bond donors (Lipinski definition) is 0. The molecular weight excluding hydrogens is 753 g/mol. The Morgan fingerprint density at radius 1 is 0.323 bits per heavy atom. The highest BCUT2D eigenvalue weighted by Gasteiger charge is 2.58. The second-order valence-corrected chi connectivity index (χ2v) is 17.4. The molecule has 10 aromatic rings. The summed E-state index contributed by atoms with van der Waals surface area (Å²) in [6.07, 6.45) is 0. The van der Waals surface area contributed by atoms with Gasteiger partial charge in [0.05, 0.1) is 27.9 Å². The SMILES string of the molecule is c1ccc(C2(c3ccccc3)c3ccccc3N(c3ccc4ccc5cccc6c5c4c3C63c4cccc5c4B4c6c(cccc6Oc6cccc3c64)O5)c3ccccc32)cc1. The zero-order valence-electron chi connectivity index (χ0n) is 33.5. The van der Waals surface area contributed by atoms with Crippen molar-refractivity contribution in [3.05, 3.63) is 251 Å². The van der Waals surface area contributed by atoms with Crippen molar-refractivity contribution in [2.24, 2.45) is 0 Å². The van der Waals surface area contributed by atoms with Gasteiger partial charge in [-0.15, -0.1) is 0 Å². The van der Waals surface area contributed by atoms with Crippen molar-refractivity contribution in [2.45, 2.75) is 10.8 Å². The van der Waals surface area contributed by atoms with Crippen LogP contribution in [0.15, 0.2) is 206 Å². The maximum absolute atomic E-state index is 6.93. The van der Waals surface area contributed by atoms with E-state index in [0.29, 0.717) is 0 Å². The Bertz CT molecular complexity index is 3450. The predicted molar refractivity (Wildman–Crippen MR) is 251 cm³/mol. The van der Waals surface area contributed by atoms with Gasteiger partial charge in [-0.25, -0.2) is 0 Å². The van der Waals surface area contributed by atoms with Crippen LogP contribution < -0.4 is 30.8 Å². The van der Waals surface area contributed by atoms with Gasteiger partial charge in [-0.3, -0.25) is 0 Å². The fourth-order valence-corrected chi connectivity index (χ4v) is 12.7. The topological polar surface area (TPSA) is 21.7 Å². The third-order valence-electron chi connectivity index (χ3n) is 14.8. The van der Waals surface area contributed by atoms with Crippen molar-refractivity contribution in [2.75, 3.05) is 4.90 Å². The van der Waals surface area contributed by atoms with Gasteiger partial charge < -0.3 is 14.4 Å². The lowest BCUT2D eigenvalue weighted by atomic mass is 9.29. The molecule has 3 nitrogen and oxygen atoms in total. The summed E-state index contributed by atoms with van der Waals surface area (Å²) in [7, 11) is 0. The van der Waals surface area contributed by atoms with Gasteiger partial charge in [0.2, 0.25) is 0 Å². The number of rotatable bonds is 3. The summed E-state index contributed by atoms with van der Waals surface area (Å²) in [6.45, 7) is -0.0221. The van der Waals surface area contributed by atoms with Crippen LogP contribution in [0.1, 0.15) is 44.5 Å². The Kier molecular flexibility index (Phi) is 6.12. The molecule has 0 fully saturated rings. The lowest BCUT2D eigenvalue weighted by Gasteiger charge is -2.49. The number of hydrogen-bond acceptors (Lipinski definition) is 3. The van der Waals surface area contributed by atoms with Gasteiger partial charge >= 0.3 is 0 Å². The average Bonchev–Trinajstić information content (AvgIpc) is 3.65. The van der Waals surface area contributed by atoms with Crippen LogP contribution in [0, 0.1) is 0 Å². The monoisotopic (exact) mass is 787 g/mol. The summed E-state index contributed by atoms with van der Waals surface area (Å²) in [6, 6.07) is 76.5. The van der Waals surface area contributed by atoms with E-state index < -0.39 is 10.8 Å². The van der Waals surface area contributed by atoms with Gasteiger partial charge in [-0.05, 0) is 114 Å². The summed E-state index contributed by atoms with van der Waals surface area (Å²) < 4.78 is 13.9. The highest BCUT2D eigenvalue weighted by molar-refractivity contribution is 6.99. The highest BCUT2D eigenvalue weighted by atomic mass is 16.5. The Morgan fingerprint density at radius 3 is 1.37 bits per heavy atom. The molecule has 0 bridgehead atoms. The minimum absolute atomic E-state index is 0.0221. The normalized spacial score (nSPS) is 15.5. The number of ether oxygens (including phenoxy) is 2. The number of fused-ring (bicyclic) bond motifs is 6. The molecule has 15 rings (SSSR count). The fraction of sp³-hybridized carbons (Fsp3) is 0.0345. The third-order valence-corrected chi connectivity index (χ3v) is 14.8. The van der Waals surface area contributed by atoms with E-state index in [1.807, 2.05) is 6.07 Å².